The molecule has 3 N–H and O–H groups in total. The number of nitrogens with zero attached hydrogens (tertiary/aromatic N) is 1. The second-order valence-electron chi connectivity index (χ2n) is 4.76. The molecule has 0 saturated heterocycles. The van der Waals surface area contributed by atoms with Crippen molar-refractivity contribution in [2.75, 3.05) is 6.61 Å². The Morgan fingerprint density at radius 2 is 2.21 bits per heavy atom. The van der Waals surface area contributed by atoms with Gasteiger partial charge in [0, 0.05) is 25.3 Å². The summed E-state index contributed by atoms with van der Waals surface area (Å²) < 4.78 is 1.90. The number of aliphatic carboxylic acids is 1. The van der Waals surface area contributed by atoms with Crippen molar-refractivity contribution >= 4 is 11.9 Å². The predicted octanol–water partition coefficient (Wildman–Crippen LogP) is 0.778. The SMILES string of the molecule is O=C(NC(CCO)C(=O)O)c1cccn1C1CCC1. The van der Waals surface area contributed by atoms with E-state index in [0.717, 1.165) is 19.3 Å². The Kier molecular flexibility index (Phi) is 4.21. The third-order valence-electron chi connectivity index (χ3n) is 3.50. The molecule has 1 aliphatic carbocycles. The third kappa shape index (κ3) is 2.96. The Morgan fingerprint density at radius 1 is 1.47 bits per heavy atom. The van der Waals surface area contributed by atoms with Gasteiger partial charge < -0.3 is 20.1 Å². The average molecular weight is 266 g/mol. The van der Waals surface area contributed by atoms with Crippen molar-refractivity contribution < 1.29 is 19.8 Å². The van der Waals surface area contributed by atoms with Gasteiger partial charge in [0.15, 0.2) is 0 Å². The lowest BCUT2D eigenvalue weighted by molar-refractivity contribution is -0.139. The summed E-state index contributed by atoms with van der Waals surface area (Å²) in [6.45, 7) is -0.277. The maximum Gasteiger partial charge on any atom is 0.326 e. The molecule has 19 heavy (non-hydrogen) atoms. The quantitative estimate of drug-likeness (QED) is 0.709. The Labute approximate surface area is 111 Å². The first-order valence-electron chi connectivity index (χ1n) is 6.45. The highest BCUT2D eigenvalue weighted by atomic mass is 16.4. The fraction of sp³-hybridized carbons (Fsp3) is 0.538. The van der Waals surface area contributed by atoms with Crippen LogP contribution in [0.25, 0.3) is 0 Å². The average Bonchev–Trinajstić information content (AvgIpc) is 2.74. The van der Waals surface area contributed by atoms with Crippen LogP contribution >= 0.6 is 0 Å². The topological polar surface area (TPSA) is 91.6 Å². The van der Waals surface area contributed by atoms with E-state index in [0.29, 0.717) is 11.7 Å². The Morgan fingerprint density at radius 3 is 2.74 bits per heavy atom. The van der Waals surface area contributed by atoms with Crippen LogP contribution in [0, 0.1) is 0 Å². The molecule has 1 fully saturated rings. The van der Waals surface area contributed by atoms with Gasteiger partial charge in [-0.25, -0.2) is 4.79 Å². The molecular weight excluding hydrogens is 248 g/mol. The Balaban J connectivity index is 2.06. The van der Waals surface area contributed by atoms with E-state index in [4.69, 9.17) is 10.2 Å². The molecule has 0 bridgehead atoms. The first kappa shape index (κ1) is 13.6. The van der Waals surface area contributed by atoms with Crippen LogP contribution in [0.1, 0.15) is 42.2 Å². The normalized spacial score (nSPS) is 16.7. The van der Waals surface area contributed by atoms with E-state index in [1.54, 1.807) is 12.1 Å². The highest BCUT2D eigenvalue weighted by Crippen LogP contribution is 2.32. The monoisotopic (exact) mass is 266 g/mol. The largest absolute Gasteiger partial charge is 0.480 e. The van der Waals surface area contributed by atoms with Crippen molar-refractivity contribution in [3.8, 4) is 0 Å². The molecule has 1 aliphatic rings. The van der Waals surface area contributed by atoms with Gasteiger partial charge in [-0.2, -0.15) is 0 Å². The molecule has 0 aromatic carbocycles. The molecule has 1 aromatic heterocycles. The summed E-state index contributed by atoms with van der Waals surface area (Å²) in [7, 11) is 0. The van der Waals surface area contributed by atoms with Gasteiger partial charge >= 0.3 is 5.97 Å². The van der Waals surface area contributed by atoms with E-state index in [2.05, 4.69) is 5.32 Å². The second kappa shape index (κ2) is 5.88. The lowest BCUT2D eigenvalue weighted by Gasteiger charge is -2.29. The number of hydrogen-bond acceptors (Lipinski definition) is 3. The van der Waals surface area contributed by atoms with Gasteiger partial charge in [-0.1, -0.05) is 0 Å². The van der Waals surface area contributed by atoms with Crippen LogP contribution in [-0.4, -0.2) is 39.3 Å². The highest BCUT2D eigenvalue weighted by Gasteiger charge is 2.25. The minimum Gasteiger partial charge on any atom is -0.480 e. The van der Waals surface area contributed by atoms with E-state index in [1.165, 1.54) is 0 Å². The number of carbonyl (C=O) groups excluding carboxylic acids is 1. The van der Waals surface area contributed by atoms with Gasteiger partial charge in [-0.05, 0) is 31.4 Å². The minimum absolute atomic E-state index is 0.00517. The number of carboxylic acids is 1. The summed E-state index contributed by atoms with van der Waals surface area (Å²) in [5, 5.41) is 20.2. The number of aromatic nitrogens is 1. The number of nitrogens with one attached hydrogen (secondary N) is 1. The maximum absolute atomic E-state index is 12.1. The van der Waals surface area contributed by atoms with Crippen LogP contribution in [0.15, 0.2) is 18.3 Å². The number of hydrogen-bond donors (Lipinski definition) is 3. The lowest BCUT2D eigenvalue weighted by Crippen LogP contribution is -2.42. The van der Waals surface area contributed by atoms with Crippen molar-refractivity contribution in [3.63, 3.8) is 0 Å². The highest BCUT2D eigenvalue weighted by molar-refractivity contribution is 5.95. The molecule has 1 atom stereocenters. The van der Waals surface area contributed by atoms with Gasteiger partial charge in [0.05, 0.1) is 0 Å². The molecule has 104 valence electrons. The molecule has 6 nitrogen and oxygen atoms in total. The summed E-state index contributed by atoms with van der Waals surface area (Å²) in [5.41, 5.74) is 0.480. The van der Waals surface area contributed by atoms with Gasteiger partial charge in [0.1, 0.15) is 11.7 Å². The van der Waals surface area contributed by atoms with Crippen molar-refractivity contribution in [1.82, 2.24) is 9.88 Å². The van der Waals surface area contributed by atoms with Crippen LogP contribution < -0.4 is 5.32 Å². The molecule has 0 aliphatic heterocycles. The fourth-order valence-electron chi connectivity index (χ4n) is 2.19. The molecular formula is C13H18N2O4. The molecule has 2 rings (SSSR count). The number of rotatable bonds is 6. The van der Waals surface area contributed by atoms with Crippen molar-refractivity contribution in [2.45, 2.75) is 37.8 Å². The molecule has 1 amide bonds. The molecule has 1 unspecified atom stereocenters. The summed E-state index contributed by atoms with van der Waals surface area (Å²) in [6.07, 6.45) is 5.11. The lowest BCUT2D eigenvalue weighted by atomic mass is 9.93. The zero-order valence-electron chi connectivity index (χ0n) is 10.6. The summed E-state index contributed by atoms with van der Waals surface area (Å²) in [5.74, 6) is -1.54. The first-order chi connectivity index (χ1) is 9.13. The Hall–Kier alpha value is -1.82. The van der Waals surface area contributed by atoms with Crippen LogP contribution in [0.4, 0.5) is 0 Å². The van der Waals surface area contributed by atoms with Gasteiger partial charge in [-0.15, -0.1) is 0 Å². The van der Waals surface area contributed by atoms with Crippen molar-refractivity contribution in [3.05, 3.63) is 24.0 Å². The number of aliphatic hydroxyl groups excluding tert-OH is 1. The maximum atomic E-state index is 12.1. The number of carbonyl (C=O) groups is 2. The molecule has 1 heterocycles. The molecule has 0 spiro atoms. The summed E-state index contributed by atoms with van der Waals surface area (Å²) in [6, 6.07) is 2.76. The predicted molar refractivity (Wildman–Crippen MR) is 67.9 cm³/mol. The van der Waals surface area contributed by atoms with Crippen LogP contribution in [0.3, 0.4) is 0 Å². The standard InChI is InChI=1S/C13H18N2O4/c16-8-6-10(13(18)19)14-12(17)11-5-2-7-15(11)9-3-1-4-9/h2,5,7,9-10,16H,1,3-4,6,8H2,(H,14,17)(H,18,19). The molecule has 1 aromatic rings. The van der Waals surface area contributed by atoms with E-state index in [9.17, 15) is 9.59 Å². The summed E-state index contributed by atoms with van der Waals surface area (Å²) >= 11 is 0. The van der Waals surface area contributed by atoms with Crippen molar-refractivity contribution in [2.24, 2.45) is 0 Å². The zero-order chi connectivity index (χ0) is 13.8. The summed E-state index contributed by atoms with van der Waals surface area (Å²) in [4.78, 5) is 23.0. The van der Waals surface area contributed by atoms with Gasteiger partial charge in [0.2, 0.25) is 0 Å². The van der Waals surface area contributed by atoms with Crippen LogP contribution in [0.2, 0.25) is 0 Å². The van der Waals surface area contributed by atoms with E-state index < -0.39 is 17.9 Å². The number of carboxylic acid groups (broad SMARTS) is 1. The van der Waals surface area contributed by atoms with Crippen molar-refractivity contribution in [1.29, 1.82) is 0 Å². The second-order valence-corrected chi connectivity index (χ2v) is 4.76. The fourth-order valence-corrected chi connectivity index (χ4v) is 2.19. The Bertz CT molecular complexity index is 465. The smallest absolute Gasteiger partial charge is 0.326 e. The first-order valence-corrected chi connectivity index (χ1v) is 6.45. The minimum atomic E-state index is -1.14. The van der Waals surface area contributed by atoms with Crippen LogP contribution in [-0.2, 0) is 4.79 Å². The molecule has 0 radical (unpaired) electrons. The van der Waals surface area contributed by atoms with E-state index in [-0.39, 0.29) is 13.0 Å². The number of aliphatic hydroxyl groups is 1. The van der Waals surface area contributed by atoms with E-state index >= 15 is 0 Å². The van der Waals surface area contributed by atoms with Gasteiger partial charge in [0.25, 0.3) is 5.91 Å². The van der Waals surface area contributed by atoms with Gasteiger partial charge in [-0.3, -0.25) is 4.79 Å². The third-order valence-corrected chi connectivity index (χ3v) is 3.50. The van der Waals surface area contributed by atoms with E-state index in [1.807, 2.05) is 10.8 Å². The molecule has 6 heteroatoms. The number of amides is 1. The molecule has 1 saturated carbocycles. The van der Waals surface area contributed by atoms with Crippen LogP contribution in [0.5, 0.6) is 0 Å². The zero-order valence-corrected chi connectivity index (χ0v) is 10.6.